The van der Waals surface area contributed by atoms with E-state index in [0.717, 1.165) is 47.2 Å². The van der Waals surface area contributed by atoms with Gasteiger partial charge in [0.1, 0.15) is 11.4 Å². The van der Waals surface area contributed by atoms with Gasteiger partial charge in [0.05, 0.1) is 0 Å². The fraction of sp³-hybridized carbons (Fsp3) is 0.524. The van der Waals surface area contributed by atoms with Crippen molar-refractivity contribution in [2.45, 2.75) is 50.8 Å². The molecule has 6 rings (SSSR count). The van der Waals surface area contributed by atoms with Gasteiger partial charge >= 0.3 is 0 Å². The molecule has 0 radical (unpaired) electrons. The van der Waals surface area contributed by atoms with E-state index in [4.69, 9.17) is 4.74 Å². The highest BCUT2D eigenvalue weighted by atomic mass is 79.9. The van der Waals surface area contributed by atoms with Gasteiger partial charge in [-0.05, 0) is 86.6 Å². The number of rotatable bonds is 5. The van der Waals surface area contributed by atoms with E-state index in [0.29, 0.717) is 5.69 Å². The highest BCUT2D eigenvalue weighted by molar-refractivity contribution is 9.10. The molecule has 1 N–H and O–H groups in total. The molecule has 6 heteroatoms. The molecule has 4 aliphatic rings. The molecule has 1 amide bonds. The first kappa shape index (κ1) is 17.3. The molecule has 1 heterocycles. The van der Waals surface area contributed by atoms with Gasteiger partial charge in [0, 0.05) is 16.2 Å². The number of hydrogen-bond acceptors (Lipinski definition) is 3. The van der Waals surface area contributed by atoms with Gasteiger partial charge in [-0.1, -0.05) is 15.9 Å². The van der Waals surface area contributed by atoms with E-state index in [1.165, 1.54) is 19.3 Å². The van der Waals surface area contributed by atoms with Crippen LogP contribution < -0.4 is 10.1 Å². The Labute approximate surface area is 167 Å². The first-order chi connectivity index (χ1) is 13.1. The summed E-state index contributed by atoms with van der Waals surface area (Å²) in [6.07, 6.45) is 9.37. The summed E-state index contributed by atoms with van der Waals surface area (Å²) in [7, 11) is 0. The van der Waals surface area contributed by atoms with Crippen LogP contribution in [0.5, 0.6) is 5.75 Å². The second-order valence-corrected chi connectivity index (χ2v) is 9.54. The maximum atomic E-state index is 12.8. The van der Waals surface area contributed by atoms with Gasteiger partial charge in [-0.25, -0.2) is 4.68 Å². The summed E-state index contributed by atoms with van der Waals surface area (Å²) >= 11 is 3.41. The van der Waals surface area contributed by atoms with Gasteiger partial charge in [-0.2, -0.15) is 5.10 Å². The zero-order valence-electron chi connectivity index (χ0n) is 15.2. The molecule has 0 saturated heterocycles. The largest absolute Gasteiger partial charge is 0.471 e. The molecule has 4 bridgehead atoms. The van der Waals surface area contributed by atoms with E-state index in [1.807, 2.05) is 24.3 Å². The average molecular weight is 430 g/mol. The van der Waals surface area contributed by atoms with Crippen LogP contribution in [0.3, 0.4) is 0 Å². The maximum absolute atomic E-state index is 12.8. The van der Waals surface area contributed by atoms with Crippen LogP contribution in [-0.4, -0.2) is 21.2 Å². The highest BCUT2D eigenvalue weighted by Crippen LogP contribution is 2.55. The Kier molecular flexibility index (Phi) is 4.26. The van der Waals surface area contributed by atoms with E-state index in [9.17, 15) is 4.79 Å². The summed E-state index contributed by atoms with van der Waals surface area (Å²) in [5.41, 5.74) is 0.494. The number of nitrogens with one attached hydrogen (secondary N) is 1. The van der Waals surface area contributed by atoms with Crippen LogP contribution in [0.25, 0.3) is 0 Å². The fourth-order valence-electron chi connectivity index (χ4n) is 5.79. The third kappa shape index (κ3) is 3.51. The molecule has 4 saturated carbocycles. The van der Waals surface area contributed by atoms with Crippen LogP contribution >= 0.6 is 15.9 Å². The second-order valence-electron chi connectivity index (χ2n) is 8.62. The van der Waals surface area contributed by atoms with Crippen LogP contribution in [0.4, 0.5) is 0 Å². The van der Waals surface area contributed by atoms with Crippen molar-refractivity contribution in [1.82, 2.24) is 15.1 Å². The topological polar surface area (TPSA) is 56.2 Å². The third-order valence-corrected chi connectivity index (χ3v) is 7.00. The van der Waals surface area contributed by atoms with Crippen molar-refractivity contribution >= 4 is 21.8 Å². The summed E-state index contributed by atoms with van der Waals surface area (Å²) in [6.45, 7) is 0.284. The summed E-state index contributed by atoms with van der Waals surface area (Å²) in [4.78, 5) is 12.8. The molecule has 0 unspecified atom stereocenters. The Morgan fingerprint density at radius 3 is 2.37 bits per heavy atom. The molecular formula is C21H24BrN3O2. The number of benzene rings is 1. The number of amides is 1. The lowest BCUT2D eigenvalue weighted by molar-refractivity contribution is -0.0168. The van der Waals surface area contributed by atoms with Crippen molar-refractivity contribution in [1.29, 1.82) is 0 Å². The summed E-state index contributed by atoms with van der Waals surface area (Å²) < 4.78 is 8.40. The van der Waals surface area contributed by atoms with Gasteiger partial charge in [-0.3, -0.25) is 4.79 Å². The minimum Gasteiger partial charge on any atom is -0.471 e. The molecule has 1 aromatic heterocycles. The number of halogens is 1. The van der Waals surface area contributed by atoms with E-state index in [-0.39, 0.29) is 18.2 Å². The van der Waals surface area contributed by atoms with Crippen LogP contribution in [0, 0.1) is 17.8 Å². The lowest BCUT2D eigenvalue weighted by atomic mass is 9.53. The number of hydrogen-bond donors (Lipinski definition) is 1. The molecule has 27 heavy (non-hydrogen) atoms. The highest BCUT2D eigenvalue weighted by Gasteiger charge is 2.51. The molecule has 4 fully saturated rings. The fourth-order valence-corrected chi connectivity index (χ4v) is 6.06. The molecule has 2 aromatic rings. The van der Waals surface area contributed by atoms with Gasteiger partial charge < -0.3 is 10.1 Å². The predicted molar refractivity (Wildman–Crippen MR) is 105 cm³/mol. The Bertz CT molecular complexity index is 810. The van der Waals surface area contributed by atoms with E-state index in [1.54, 1.807) is 16.9 Å². The van der Waals surface area contributed by atoms with Crippen LogP contribution in [0.15, 0.2) is 41.0 Å². The minimum absolute atomic E-state index is 0.0174. The van der Waals surface area contributed by atoms with Crippen molar-refractivity contribution < 1.29 is 9.53 Å². The standard InChI is InChI=1S/C21H24BrN3O2/c22-17-1-3-18(4-2-17)27-13-25-6-5-19(24-25)20(26)23-21-10-14-7-15(11-21)9-16(8-14)12-21/h1-6,14-16H,7-13H2,(H,23,26). The number of aromatic nitrogens is 2. The van der Waals surface area contributed by atoms with Gasteiger partial charge in [-0.15, -0.1) is 0 Å². The lowest BCUT2D eigenvalue weighted by Gasteiger charge is -2.56. The minimum atomic E-state index is -0.0423. The number of carbonyl (C=O) groups is 1. The van der Waals surface area contributed by atoms with Crippen molar-refractivity contribution in [3.05, 3.63) is 46.7 Å². The Morgan fingerprint density at radius 1 is 1.11 bits per heavy atom. The lowest BCUT2D eigenvalue weighted by Crippen LogP contribution is -2.59. The normalized spacial score (nSPS) is 31.1. The molecule has 4 aliphatic carbocycles. The van der Waals surface area contributed by atoms with Crippen LogP contribution in [-0.2, 0) is 6.73 Å². The molecule has 5 nitrogen and oxygen atoms in total. The predicted octanol–water partition coefficient (Wildman–Crippen LogP) is 4.38. The molecule has 1 aromatic carbocycles. The van der Waals surface area contributed by atoms with Crippen molar-refractivity contribution in [3.8, 4) is 5.75 Å². The van der Waals surface area contributed by atoms with E-state index in [2.05, 4.69) is 26.3 Å². The zero-order chi connectivity index (χ0) is 18.4. The zero-order valence-corrected chi connectivity index (χ0v) is 16.8. The second kappa shape index (κ2) is 6.66. The van der Waals surface area contributed by atoms with Gasteiger partial charge in [0.25, 0.3) is 5.91 Å². The van der Waals surface area contributed by atoms with Gasteiger partial charge in [0.15, 0.2) is 6.73 Å². The quantitative estimate of drug-likeness (QED) is 0.766. The summed E-state index contributed by atoms with van der Waals surface area (Å²) in [6, 6.07) is 9.44. The Morgan fingerprint density at radius 2 is 1.74 bits per heavy atom. The first-order valence-corrected chi connectivity index (χ1v) is 10.6. The van der Waals surface area contributed by atoms with E-state index < -0.39 is 0 Å². The summed E-state index contributed by atoms with van der Waals surface area (Å²) in [5, 5.41) is 7.78. The van der Waals surface area contributed by atoms with Crippen LogP contribution in [0.2, 0.25) is 0 Å². The first-order valence-electron chi connectivity index (χ1n) is 9.81. The van der Waals surface area contributed by atoms with Crippen molar-refractivity contribution in [3.63, 3.8) is 0 Å². The number of nitrogens with zero attached hydrogens (tertiary/aromatic N) is 2. The molecular weight excluding hydrogens is 406 g/mol. The molecule has 142 valence electrons. The SMILES string of the molecule is O=C(NC12CC3CC(CC(C3)C1)C2)c1ccn(COc2ccc(Br)cc2)n1. The summed E-state index contributed by atoms with van der Waals surface area (Å²) in [5.74, 6) is 3.17. The average Bonchev–Trinajstić information content (AvgIpc) is 3.09. The monoisotopic (exact) mass is 429 g/mol. The number of ether oxygens (including phenoxy) is 1. The van der Waals surface area contributed by atoms with Crippen molar-refractivity contribution in [2.75, 3.05) is 0 Å². The van der Waals surface area contributed by atoms with Crippen molar-refractivity contribution in [2.24, 2.45) is 17.8 Å². The van der Waals surface area contributed by atoms with Gasteiger partial charge in [0.2, 0.25) is 0 Å². The Balaban J connectivity index is 1.22. The molecule has 0 aliphatic heterocycles. The van der Waals surface area contributed by atoms with E-state index >= 15 is 0 Å². The number of carbonyl (C=O) groups excluding carboxylic acids is 1. The Hall–Kier alpha value is -1.82. The smallest absolute Gasteiger partial charge is 0.272 e. The molecule has 0 spiro atoms. The maximum Gasteiger partial charge on any atom is 0.272 e. The molecule has 0 atom stereocenters. The van der Waals surface area contributed by atoms with Crippen LogP contribution in [0.1, 0.15) is 49.0 Å². The third-order valence-electron chi connectivity index (χ3n) is 6.47.